The van der Waals surface area contributed by atoms with Gasteiger partial charge in [0.25, 0.3) is 0 Å². The van der Waals surface area contributed by atoms with Crippen LogP contribution >= 0.6 is 0 Å². The molecule has 4 rings (SSSR count). The lowest BCUT2D eigenvalue weighted by molar-refractivity contribution is 0.200. The van der Waals surface area contributed by atoms with Crippen LogP contribution in [0.2, 0.25) is 0 Å². The number of hydrogen-bond acceptors (Lipinski definition) is 3. The van der Waals surface area contributed by atoms with E-state index in [-0.39, 0.29) is 18.4 Å². The summed E-state index contributed by atoms with van der Waals surface area (Å²) in [7, 11) is -3.54. The molecule has 4 heteroatoms. The summed E-state index contributed by atoms with van der Waals surface area (Å²) >= 11 is 0. The number of fused-ring (bicyclic) bond motifs is 3. The number of ether oxygens (including phenoxy) is 1. The fourth-order valence-electron chi connectivity index (χ4n) is 4.01. The van der Waals surface area contributed by atoms with Gasteiger partial charge in [-0.1, -0.05) is 55.5 Å². The smallest absolute Gasteiger partial charge is 0.188 e. The van der Waals surface area contributed by atoms with Gasteiger partial charge in [0.1, 0.15) is 17.1 Å². The summed E-state index contributed by atoms with van der Waals surface area (Å²) in [4.78, 5) is 0.375. The number of rotatable bonds is 2. The van der Waals surface area contributed by atoms with E-state index in [2.05, 4.69) is 19.1 Å². The summed E-state index contributed by atoms with van der Waals surface area (Å²) in [6.07, 6.45) is 4.77. The molecular weight excluding hydrogens is 320 g/mol. The van der Waals surface area contributed by atoms with E-state index in [1.165, 1.54) is 0 Å². The largest absolute Gasteiger partial charge is 0.492 e. The second kappa shape index (κ2) is 5.49. The molecule has 0 bridgehead atoms. The first-order chi connectivity index (χ1) is 11.5. The van der Waals surface area contributed by atoms with Gasteiger partial charge < -0.3 is 4.74 Å². The Morgan fingerprint density at radius 1 is 1.00 bits per heavy atom. The first kappa shape index (κ1) is 15.5. The van der Waals surface area contributed by atoms with E-state index >= 15 is 0 Å². The Bertz CT molecular complexity index is 886. The molecule has 0 spiro atoms. The zero-order valence-corrected chi connectivity index (χ0v) is 14.4. The highest BCUT2D eigenvalue weighted by Crippen LogP contribution is 2.51. The molecule has 2 aromatic rings. The summed E-state index contributed by atoms with van der Waals surface area (Å²) in [5, 5.41) is 0. The molecule has 1 heterocycles. The summed E-state index contributed by atoms with van der Waals surface area (Å²) < 4.78 is 32.2. The van der Waals surface area contributed by atoms with Crippen LogP contribution in [0.1, 0.15) is 24.8 Å². The fraction of sp³-hybridized carbons (Fsp3) is 0.300. The minimum atomic E-state index is -3.54. The summed E-state index contributed by atoms with van der Waals surface area (Å²) in [6, 6.07) is 16.5. The van der Waals surface area contributed by atoms with Gasteiger partial charge in [-0.3, -0.25) is 0 Å². The standard InChI is InChI=1S/C20H20O3S/c1-15-11-12-18-17-9-5-6-10-19(17)23-14-20(18,13-15)24(21,22)16-7-3-2-4-8-16/h2-12,15,18H,13-14H2,1H3/t15?,18-,20+/m0/s1. The van der Waals surface area contributed by atoms with Gasteiger partial charge in [-0.15, -0.1) is 0 Å². The van der Waals surface area contributed by atoms with Crippen LogP contribution in [0.5, 0.6) is 5.75 Å². The maximum absolute atomic E-state index is 13.6. The molecule has 2 aliphatic rings. The van der Waals surface area contributed by atoms with Gasteiger partial charge in [0, 0.05) is 11.5 Å². The zero-order chi connectivity index (χ0) is 16.8. The van der Waals surface area contributed by atoms with Crippen LogP contribution in [0.15, 0.2) is 71.6 Å². The van der Waals surface area contributed by atoms with Crippen molar-refractivity contribution in [1.82, 2.24) is 0 Å². The molecule has 0 radical (unpaired) electrons. The van der Waals surface area contributed by atoms with Crippen molar-refractivity contribution in [3.05, 3.63) is 72.3 Å². The van der Waals surface area contributed by atoms with Crippen molar-refractivity contribution in [3.8, 4) is 5.75 Å². The van der Waals surface area contributed by atoms with Crippen molar-refractivity contribution in [2.24, 2.45) is 5.92 Å². The van der Waals surface area contributed by atoms with Crippen LogP contribution in [0.4, 0.5) is 0 Å². The molecule has 124 valence electrons. The maximum atomic E-state index is 13.6. The van der Waals surface area contributed by atoms with Gasteiger partial charge in [-0.05, 0) is 30.5 Å². The van der Waals surface area contributed by atoms with Gasteiger partial charge >= 0.3 is 0 Å². The van der Waals surface area contributed by atoms with E-state index in [0.717, 1.165) is 11.3 Å². The van der Waals surface area contributed by atoms with Crippen molar-refractivity contribution in [2.75, 3.05) is 6.61 Å². The lowest BCUT2D eigenvalue weighted by Crippen LogP contribution is -2.53. The first-order valence-corrected chi connectivity index (χ1v) is 9.73. The van der Waals surface area contributed by atoms with Crippen molar-refractivity contribution < 1.29 is 13.2 Å². The third-order valence-corrected chi connectivity index (χ3v) is 7.68. The third-order valence-electron chi connectivity index (χ3n) is 5.18. The normalized spacial score (nSPS) is 28.5. The van der Waals surface area contributed by atoms with Crippen LogP contribution in [-0.2, 0) is 9.84 Å². The minimum absolute atomic E-state index is 0.177. The molecule has 0 fully saturated rings. The Hall–Kier alpha value is -2.07. The van der Waals surface area contributed by atoms with E-state index in [1.807, 2.05) is 30.3 Å². The van der Waals surface area contributed by atoms with Crippen molar-refractivity contribution >= 4 is 9.84 Å². The third kappa shape index (κ3) is 2.13. The van der Waals surface area contributed by atoms with Gasteiger partial charge in [-0.2, -0.15) is 0 Å². The average molecular weight is 340 g/mol. The van der Waals surface area contributed by atoms with Gasteiger partial charge in [-0.25, -0.2) is 8.42 Å². The Morgan fingerprint density at radius 2 is 1.71 bits per heavy atom. The molecule has 1 aliphatic heterocycles. The van der Waals surface area contributed by atoms with Crippen molar-refractivity contribution in [2.45, 2.75) is 28.9 Å². The molecule has 0 saturated heterocycles. The van der Waals surface area contributed by atoms with E-state index in [0.29, 0.717) is 11.3 Å². The molecule has 1 unspecified atom stereocenters. The Morgan fingerprint density at radius 3 is 2.50 bits per heavy atom. The average Bonchev–Trinajstić information content (AvgIpc) is 2.61. The van der Waals surface area contributed by atoms with Crippen LogP contribution in [0, 0.1) is 5.92 Å². The molecule has 2 aromatic carbocycles. The molecule has 0 saturated carbocycles. The molecule has 0 aromatic heterocycles. The molecule has 3 nitrogen and oxygen atoms in total. The maximum Gasteiger partial charge on any atom is 0.188 e. The number of para-hydroxylation sites is 1. The first-order valence-electron chi connectivity index (χ1n) is 8.24. The Balaban J connectivity index is 1.93. The predicted octanol–water partition coefficient (Wildman–Crippen LogP) is 3.97. The lowest BCUT2D eigenvalue weighted by Gasteiger charge is -2.46. The monoisotopic (exact) mass is 340 g/mol. The van der Waals surface area contributed by atoms with Gasteiger partial charge in [0.2, 0.25) is 0 Å². The second-order valence-corrected chi connectivity index (χ2v) is 9.04. The zero-order valence-electron chi connectivity index (χ0n) is 13.6. The van der Waals surface area contributed by atoms with Crippen molar-refractivity contribution in [1.29, 1.82) is 0 Å². The molecule has 0 N–H and O–H groups in total. The van der Waals surface area contributed by atoms with Crippen LogP contribution in [0.3, 0.4) is 0 Å². The molecule has 1 aliphatic carbocycles. The van der Waals surface area contributed by atoms with Crippen molar-refractivity contribution in [3.63, 3.8) is 0 Å². The molecule has 0 amide bonds. The van der Waals surface area contributed by atoms with Crippen LogP contribution in [-0.4, -0.2) is 19.8 Å². The molecular formula is C20H20O3S. The highest BCUT2D eigenvalue weighted by molar-refractivity contribution is 7.93. The Kier molecular flexibility index (Phi) is 3.53. The number of benzene rings is 2. The van der Waals surface area contributed by atoms with E-state index in [1.54, 1.807) is 24.3 Å². The minimum Gasteiger partial charge on any atom is -0.492 e. The fourth-order valence-corrected chi connectivity index (χ4v) is 6.23. The number of hydrogen-bond donors (Lipinski definition) is 0. The SMILES string of the molecule is CC1C=C[C@H]2c3ccccc3OC[C@]2(S(=O)(=O)c2ccccc2)C1. The van der Waals surface area contributed by atoms with Gasteiger partial charge in [0.05, 0.1) is 4.90 Å². The van der Waals surface area contributed by atoms with E-state index < -0.39 is 14.6 Å². The summed E-state index contributed by atoms with van der Waals surface area (Å²) in [5.41, 5.74) is 0.964. The highest BCUT2D eigenvalue weighted by Gasteiger charge is 2.55. The summed E-state index contributed by atoms with van der Waals surface area (Å²) in [6.45, 7) is 2.26. The molecule has 3 atom stereocenters. The van der Waals surface area contributed by atoms with Crippen LogP contribution < -0.4 is 4.74 Å². The number of sulfone groups is 1. The predicted molar refractivity (Wildman–Crippen MR) is 94.0 cm³/mol. The Labute approximate surface area is 142 Å². The van der Waals surface area contributed by atoms with E-state index in [9.17, 15) is 8.42 Å². The topological polar surface area (TPSA) is 43.4 Å². The number of allylic oxidation sites excluding steroid dienone is 2. The summed E-state index contributed by atoms with van der Waals surface area (Å²) in [5.74, 6) is 0.818. The second-order valence-electron chi connectivity index (χ2n) is 6.75. The quantitative estimate of drug-likeness (QED) is 0.777. The van der Waals surface area contributed by atoms with Gasteiger partial charge in [0.15, 0.2) is 9.84 Å². The molecule has 24 heavy (non-hydrogen) atoms. The lowest BCUT2D eigenvalue weighted by atomic mass is 9.74. The van der Waals surface area contributed by atoms with Crippen LogP contribution in [0.25, 0.3) is 0 Å². The van der Waals surface area contributed by atoms with E-state index in [4.69, 9.17) is 4.74 Å². The highest BCUT2D eigenvalue weighted by atomic mass is 32.2.